The van der Waals surface area contributed by atoms with Crippen molar-refractivity contribution < 1.29 is 9.53 Å². The molecular formula is C12H16N2O2. The summed E-state index contributed by atoms with van der Waals surface area (Å²) >= 11 is 0. The molecule has 16 heavy (non-hydrogen) atoms. The number of benzene rings is 1. The molecule has 1 aliphatic rings. The fourth-order valence-electron chi connectivity index (χ4n) is 1.91. The van der Waals surface area contributed by atoms with E-state index in [2.05, 4.69) is 5.32 Å². The average Bonchev–Trinajstić information content (AvgIpc) is 2.74. The van der Waals surface area contributed by atoms with Crippen LogP contribution in [-0.2, 0) is 4.74 Å². The number of ether oxygens (including phenoxy) is 1. The summed E-state index contributed by atoms with van der Waals surface area (Å²) in [5, 5.41) is 2.80. The fourth-order valence-corrected chi connectivity index (χ4v) is 1.91. The van der Waals surface area contributed by atoms with E-state index in [9.17, 15) is 4.79 Å². The van der Waals surface area contributed by atoms with E-state index in [4.69, 9.17) is 4.74 Å². The Bertz CT molecular complexity index is 392. The maximum atomic E-state index is 11.6. The van der Waals surface area contributed by atoms with Crippen LogP contribution in [0.25, 0.3) is 0 Å². The first-order valence-electron chi connectivity index (χ1n) is 5.41. The minimum Gasteiger partial charge on any atom is -0.377 e. The first kappa shape index (κ1) is 11.0. The Balaban J connectivity index is 2.36. The van der Waals surface area contributed by atoms with Crippen molar-refractivity contribution in [2.75, 3.05) is 25.1 Å². The highest BCUT2D eigenvalue weighted by molar-refractivity contribution is 5.94. The smallest absolute Gasteiger partial charge is 0.322 e. The molecule has 1 atom stereocenters. The third kappa shape index (κ3) is 1.88. The molecular weight excluding hydrogens is 204 g/mol. The van der Waals surface area contributed by atoms with Gasteiger partial charge in [-0.05, 0) is 13.0 Å². The lowest BCUT2D eigenvalue weighted by Crippen LogP contribution is -2.28. The highest BCUT2D eigenvalue weighted by Crippen LogP contribution is 2.28. The number of nitrogens with one attached hydrogen (secondary N) is 1. The highest BCUT2D eigenvalue weighted by atomic mass is 16.5. The van der Waals surface area contributed by atoms with Crippen molar-refractivity contribution in [2.45, 2.75) is 13.0 Å². The number of rotatable bonds is 3. The zero-order valence-corrected chi connectivity index (χ0v) is 9.56. The van der Waals surface area contributed by atoms with Crippen LogP contribution in [0.15, 0.2) is 24.3 Å². The number of hydrogen-bond donors (Lipinski definition) is 1. The van der Waals surface area contributed by atoms with E-state index >= 15 is 0 Å². The monoisotopic (exact) mass is 220 g/mol. The van der Waals surface area contributed by atoms with Crippen LogP contribution in [0.4, 0.5) is 10.5 Å². The summed E-state index contributed by atoms with van der Waals surface area (Å²) in [5.74, 6) is 0. The van der Waals surface area contributed by atoms with Crippen molar-refractivity contribution in [3.05, 3.63) is 29.8 Å². The largest absolute Gasteiger partial charge is 0.377 e. The molecule has 1 unspecified atom stereocenters. The van der Waals surface area contributed by atoms with Gasteiger partial charge in [0.15, 0.2) is 0 Å². The van der Waals surface area contributed by atoms with Crippen molar-refractivity contribution in [3.63, 3.8) is 0 Å². The Hall–Kier alpha value is -1.55. The molecule has 1 aromatic rings. The van der Waals surface area contributed by atoms with Crippen LogP contribution in [0.1, 0.15) is 18.6 Å². The normalized spacial score (nSPS) is 17.4. The zero-order chi connectivity index (χ0) is 11.5. The van der Waals surface area contributed by atoms with Gasteiger partial charge in [0.05, 0.1) is 11.8 Å². The van der Waals surface area contributed by atoms with Gasteiger partial charge in [0, 0.05) is 25.8 Å². The van der Waals surface area contributed by atoms with E-state index in [-0.39, 0.29) is 12.1 Å². The third-order valence-electron chi connectivity index (χ3n) is 2.88. The van der Waals surface area contributed by atoms with E-state index < -0.39 is 0 Å². The van der Waals surface area contributed by atoms with Crippen LogP contribution in [0.2, 0.25) is 0 Å². The molecule has 2 rings (SSSR count). The molecule has 0 radical (unpaired) electrons. The number of carbonyl (C=O) groups is 1. The second kappa shape index (κ2) is 4.53. The molecule has 1 N–H and O–H groups in total. The van der Waals surface area contributed by atoms with Gasteiger partial charge in [0.1, 0.15) is 0 Å². The van der Waals surface area contributed by atoms with Crippen molar-refractivity contribution in [1.82, 2.24) is 5.32 Å². The van der Waals surface area contributed by atoms with Crippen LogP contribution in [0.3, 0.4) is 0 Å². The SMILES string of the molecule is COC(C)c1ccccc1N1CCNC1=O. The number of carbonyl (C=O) groups excluding carboxylic acids is 1. The van der Waals surface area contributed by atoms with Crippen LogP contribution >= 0.6 is 0 Å². The van der Waals surface area contributed by atoms with E-state index in [0.29, 0.717) is 13.1 Å². The summed E-state index contributed by atoms with van der Waals surface area (Å²) in [4.78, 5) is 13.4. The van der Waals surface area contributed by atoms with E-state index in [1.54, 1.807) is 12.0 Å². The predicted molar refractivity (Wildman–Crippen MR) is 62.6 cm³/mol. The molecule has 0 aliphatic carbocycles. The quantitative estimate of drug-likeness (QED) is 0.845. The lowest BCUT2D eigenvalue weighted by Gasteiger charge is -2.21. The van der Waals surface area contributed by atoms with Crippen LogP contribution in [0, 0.1) is 0 Å². The number of methoxy groups -OCH3 is 1. The van der Waals surface area contributed by atoms with Crippen LogP contribution in [0.5, 0.6) is 0 Å². The molecule has 4 heteroatoms. The van der Waals surface area contributed by atoms with Crippen molar-refractivity contribution in [1.29, 1.82) is 0 Å². The summed E-state index contributed by atoms with van der Waals surface area (Å²) in [7, 11) is 1.67. The summed E-state index contributed by atoms with van der Waals surface area (Å²) in [6, 6.07) is 7.82. The molecule has 4 nitrogen and oxygen atoms in total. The molecule has 2 amide bonds. The van der Waals surface area contributed by atoms with Gasteiger partial charge in [0.25, 0.3) is 0 Å². The molecule has 1 aliphatic heterocycles. The lowest BCUT2D eigenvalue weighted by atomic mass is 10.1. The van der Waals surface area contributed by atoms with Crippen molar-refractivity contribution >= 4 is 11.7 Å². The molecule has 1 heterocycles. The van der Waals surface area contributed by atoms with Crippen molar-refractivity contribution in [3.8, 4) is 0 Å². The van der Waals surface area contributed by atoms with E-state index in [1.807, 2.05) is 31.2 Å². The van der Waals surface area contributed by atoms with Crippen LogP contribution in [-0.4, -0.2) is 26.2 Å². The predicted octanol–water partition coefficient (Wildman–Crippen LogP) is 1.92. The Morgan fingerprint density at radius 2 is 2.19 bits per heavy atom. The molecule has 1 aromatic carbocycles. The maximum absolute atomic E-state index is 11.6. The number of amides is 2. The standard InChI is InChI=1S/C12H16N2O2/c1-9(16-2)10-5-3-4-6-11(10)14-8-7-13-12(14)15/h3-6,9H,7-8H2,1-2H3,(H,13,15). The molecule has 0 saturated carbocycles. The van der Waals surface area contributed by atoms with Gasteiger partial charge in [-0.1, -0.05) is 18.2 Å². The Morgan fingerprint density at radius 1 is 1.44 bits per heavy atom. The number of para-hydroxylation sites is 1. The Kier molecular flexibility index (Phi) is 3.10. The maximum Gasteiger partial charge on any atom is 0.322 e. The second-order valence-electron chi connectivity index (χ2n) is 3.82. The molecule has 1 fully saturated rings. The van der Waals surface area contributed by atoms with Crippen molar-refractivity contribution in [2.24, 2.45) is 0 Å². The zero-order valence-electron chi connectivity index (χ0n) is 9.56. The summed E-state index contributed by atoms with van der Waals surface area (Å²) in [6.07, 6.45) is -0.00963. The summed E-state index contributed by atoms with van der Waals surface area (Å²) in [5.41, 5.74) is 1.98. The van der Waals surface area contributed by atoms with Gasteiger partial charge in [-0.2, -0.15) is 0 Å². The summed E-state index contributed by atoms with van der Waals surface area (Å²) in [6.45, 7) is 3.40. The van der Waals surface area contributed by atoms with Gasteiger partial charge < -0.3 is 10.1 Å². The number of hydrogen-bond acceptors (Lipinski definition) is 2. The minimum absolute atomic E-state index is 0.00963. The third-order valence-corrected chi connectivity index (χ3v) is 2.88. The highest BCUT2D eigenvalue weighted by Gasteiger charge is 2.24. The minimum atomic E-state index is -0.0317. The van der Waals surface area contributed by atoms with E-state index in [0.717, 1.165) is 11.3 Å². The van der Waals surface area contributed by atoms with Gasteiger partial charge in [-0.3, -0.25) is 4.90 Å². The van der Waals surface area contributed by atoms with Gasteiger partial charge >= 0.3 is 6.03 Å². The number of anilines is 1. The fraction of sp³-hybridized carbons (Fsp3) is 0.417. The molecule has 0 aromatic heterocycles. The lowest BCUT2D eigenvalue weighted by molar-refractivity contribution is 0.120. The second-order valence-corrected chi connectivity index (χ2v) is 3.82. The molecule has 1 saturated heterocycles. The molecule has 0 spiro atoms. The molecule has 0 bridgehead atoms. The first-order chi connectivity index (χ1) is 7.74. The Morgan fingerprint density at radius 3 is 2.81 bits per heavy atom. The molecule has 86 valence electrons. The van der Waals surface area contributed by atoms with E-state index in [1.165, 1.54) is 0 Å². The van der Waals surface area contributed by atoms with Gasteiger partial charge in [-0.15, -0.1) is 0 Å². The average molecular weight is 220 g/mol. The first-order valence-corrected chi connectivity index (χ1v) is 5.41. The summed E-state index contributed by atoms with van der Waals surface area (Å²) < 4.78 is 5.31. The number of nitrogens with zero attached hydrogens (tertiary/aromatic N) is 1. The van der Waals surface area contributed by atoms with Gasteiger partial charge in [0.2, 0.25) is 0 Å². The van der Waals surface area contributed by atoms with Gasteiger partial charge in [-0.25, -0.2) is 4.79 Å². The Labute approximate surface area is 95.2 Å². The number of urea groups is 1. The van der Waals surface area contributed by atoms with Crippen LogP contribution < -0.4 is 10.2 Å². The topological polar surface area (TPSA) is 41.6 Å².